The van der Waals surface area contributed by atoms with Gasteiger partial charge in [-0.05, 0) is 80.8 Å². The largest absolute Gasteiger partial charge is 0.336 e. The molecule has 1 fully saturated rings. The van der Waals surface area contributed by atoms with Gasteiger partial charge < -0.3 is 16.0 Å². The fourth-order valence-corrected chi connectivity index (χ4v) is 4.62. The molecule has 0 bridgehead atoms. The molecule has 4 rings (SSSR count). The molecule has 176 valence electrons. The number of halogens is 1. The molecule has 7 nitrogen and oxygen atoms in total. The number of rotatable bonds is 7. The van der Waals surface area contributed by atoms with Crippen molar-refractivity contribution in [1.29, 1.82) is 0 Å². The highest BCUT2D eigenvalue weighted by Gasteiger charge is 2.19. The zero-order chi connectivity index (χ0) is 23.5. The third-order valence-electron chi connectivity index (χ3n) is 6.14. The molecule has 1 saturated heterocycles. The monoisotopic (exact) mass is 467 g/mol. The first-order chi connectivity index (χ1) is 15.8. The summed E-state index contributed by atoms with van der Waals surface area (Å²) in [5.41, 5.74) is 6.87. The molecule has 1 aromatic carbocycles. The first-order valence-electron chi connectivity index (χ1n) is 11.7. The number of nitrogens with one attached hydrogen (secondary N) is 3. The van der Waals surface area contributed by atoms with E-state index in [4.69, 9.17) is 11.6 Å². The molecule has 8 heteroatoms. The lowest BCUT2D eigenvalue weighted by Gasteiger charge is -2.25. The van der Waals surface area contributed by atoms with Crippen molar-refractivity contribution in [1.82, 2.24) is 25.1 Å². The molecule has 0 amide bonds. The highest BCUT2D eigenvalue weighted by atomic mass is 35.5. The highest BCUT2D eigenvalue weighted by molar-refractivity contribution is 6.32. The molecule has 1 aliphatic heterocycles. The molecule has 3 aromatic rings. The van der Waals surface area contributed by atoms with Gasteiger partial charge in [-0.1, -0.05) is 31.5 Å². The molecule has 0 aliphatic carbocycles. The molecule has 0 atom stereocenters. The lowest BCUT2D eigenvalue weighted by molar-refractivity contribution is 0.459. The smallest absolute Gasteiger partial charge is 0.229 e. The predicted octanol–water partition coefficient (Wildman–Crippen LogP) is 5.63. The molecule has 0 spiro atoms. The first kappa shape index (κ1) is 23.5. The zero-order valence-corrected chi connectivity index (χ0v) is 20.9. The second-order valence-electron chi connectivity index (χ2n) is 9.45. The van der Waals surface area contributed by atoms with Crippen LogP contribution in [0.5, 0.6) is 0 Å². The van der Waals surface area contributed by atoms with Crippen molar-refractivity contribution in [2.24, 2.45) is 13.0 Å². The van der Waals surface area contributed by atoms with Crippen LogP contribution in [0.15, 0.2) is 24.5 Å². The van der Waals surface area contributed by atoms with Crippen LogP contribution in [-0.2, 0) is 13.5 Å². The van der Waals surface area contributed by atoms with Gasteiger partial charge in [-0.25, -0.2) is 4.98 Å². The summed E-state index contributed by atoms with van der Waals surface area (Å²) < 4.78 is 1.81. The maximum atomic E-state index is 6.43. The standard InChI is InChI=1S/C25H34ClN7/c1-15(2)10-22-23(14-33(5)32-22)29-24-20(26)13-28-25(31-24)30-21-12-16(3)19(11-17(21)4)18-6-8-27-9-7-18/h11-15,18,27H,6-10H2,1-5H3,(H2,28,29,30,31). The Morgan fingerprint density at radius 2 is 1.88 bits per heavy atom. The summed E-state index contributed by atoms with van der Waals surface area (Å²) in [5.74, 6) is 2.19. The molecule has 1 aliphatic rings. The van der Waals surface area contributed by atoms with E-state index in [0.717, 1.165) is 36.6 Å². The van der Waals surface area contributed by atoms with Gasteiger partial charge in [-0.2, -0.15) is 10.1 Å². The maximum absolute atomic E-state index is 6.43. The Balaban J connectivity index is 1.56. The second kappa shape index (κ2) is 10.1. The minimum atomic E-state index is 0.467. The Labute approximate surface area is 201 Å². The van der Waals surface area contributed by atoms with Crippen molar-refractivity contribution in [3.8, 4) is 0 Å². The summed E-state index contributed by atoms with van der Waals surface area (Å²) in [6.45, 7) is 10.9. The van der Waals surface area contributed by atoms with Gasteiger partial charge in [0.2, 0.25) is 5.95 Å². The number of hydrogen-bond acceptors (Lipinski definition) is 6. The fourth-order valence-electron chi connectivity index (χ4n) is 4.49. The number of hydrogen-bond donors (Lipinski definition) is 3. The number of benzene rings is 1. The maximum Gasteiger partial charge on any atom is 0.229 e. The minimum Gasteiger partial charge on any atom is -0.336 e. The van der Waals surface area contributed by atoms with E-state index in [2.05, 4.69) is 70.8 Å². The second-order valence-corrected chi connectivity index (χ2v) is 9.86. The van der Waals surface area contributed by atoms with Crippen LogP contribution in [0.25, 0.3) is 0 Å². The van der Waals surface area contributed by atoms with Gasteiger partial charge >= 0.3 is 0 Å². The molecule has 33 heavy (non-hydrogen) atoms. The summed E-state index contributed by atoms with van der Waals surface area (Å²) in [6, 6.07) is 4.52. The van der Waals surface area contributed by atoms with E-state index >= 15 is 0 Å². The van der Waals surface area contributed by atoms with Gasteiger partial charge in [0.25, 0.3) is 0 Å². The van der Waals surface area contributed by atoms with E-state index in [1.165, 1.54) is 29.5 Å². The number of nitrogens with zero attached hydrogens (tertiary/aromatic N) is 4. The molecule has 0 unspecified atom stereocenters. The third-order valence-corrected chi connectivity index (χ3v) is 6.42. The summed E-state index contributed by atoms with van der Waals surface area (Å²) in [4.78, 5) is 9.08. The van der Waals surface area contributed by atoms with Crippen LogP contribution in [0.2, 0.25) is 5.02 Å². The Morgan fingerprint density at radius 3 is 2.61 bits per heavy atom. The number of piperidine rings is 1. The van der Waals surface area contributed by atoms with Crippen LogP contribution in [-0.4, -0.2) is 32.8 Å². The van der Waals surface area contributed by atoms with Gasteiger partial charge in [0, 0.05) is 18.9 Å². The Kier molecular flexibility index (Phi) is 7.20. The lowest BCUT2D eigenvalue weighted by Crippen LogP contribution is -2.27. The Bertz CT molecular complexity index is 1120. The summed E-state index contributed by atoms with van der Waals surface area (Å²) in [6.07, 6.45) is 6.84. The van der Waals surface area contributed by atoms with Crippen LogP contribution in [0, 0.1) is 19.8 Å². The molecule has 3 heterocycles. The quantitative estimate of drug-likeness (QED) is 0.417. The fraction of sp³-hybridized carbons (Fsp3) is 0.480. The molecular formula is C25H34ClN7. The van der Waals surface area contributed by atoms with Crippen LogP contribution in [0.4, 0.5) is 23.1 Å². The SMILES string of the molecule is Cc1cc(C2CCNCC2)c(C)cc1Nc1ncc(Cl)c(Nc2cn(C)nc2CC(C)C)n1. The number of aryl methyl sites for hydroxylation is 3. The lowest BCUT2D eigenvalue weighted by atomic mass is 9.86. The van der Waals surface area contributed by atoms with Crippen LogP contribution >= 0.6 is 11.6 Å². The Hall–Kier alpha value is -2.64. The first-order valence-corrected chi connectivity index (χ1v) is 12.1. The van der Waals surface area contributed by atoms with Crippen molar-refractivity contribution in [2.75, 3.05) is 23.7 Å². The summed E-state index contributed by atoms with van der Waals surface area (Å²) in [5, 5.41) is 15.3. The van der Waals surface area contributed by atoms with Gasteiger partial charge in [0.1, 0.15) is 5.02 Å². The summed E-state index contributed by atoms with van der Waals surface area (Å²) in [7, 11) is 1.92. The average molecular weight is 468 g/mol. The molecule has 0 radical (unpaired) electrons. The molecular weight excluding hydrogens is 434 g/mol. The van der Waals surface area contributed by atoms with E-state index in [1.807, 2.05) is 17.9 Å². The van der Waals surface area contributed by atoms with Crippen LogP contribution in [0.1, 0.15) is 55.0 Å². The third kappa shape index (κ3) is 5.65. The topological polar surface area (TPSA) is 79.7 Å². The van der Waals surface area contributed by atoms with Crippen molar-refractivity contribution in [3.05, 3.63) is 51.9 Å². The normalized spacial score (nSPS) is 14.6. The van der Waals surface area contributed by atoms with Gasteiger partial charge in [-0.3, -0.25) is 4.68 Å². The molecule has 2 aromatic heterocycles. The highest BCUT2D eigenvalue weighted by Crippen LogP contribution is 2.33. The zero-order valence-electron chi connectivity index (χ0n) is 20.2. The van der Waals surface area contributed by atoms with Crippen molar-refractivity contribution in [2.45, 2.75) is 52.9 Å². The van der Waals surface area contributed by atoms with Gasteiger partial charge in [0.05, 0.1) is 17.6 Å². The van der Waals surface area contributed by atoms with Gasteiger partial charge in [-0.15, -0.1) is 0 Å². The summed E-state index contributed by atoms with van der Waals surface area (Å²) >= 11 is 6.43. The van der Waals surface area contributed by atoms with E-state index < -0.39 is 0 Å². The van der Waals surface area contributed by atoms with Crippen molar-refractivity contribution >= 4 is 34.7 Å². The van der Waals surface area contributed by atoms with Crippen molar-refractivity contribution < 1.29 is 0 Å². The van der Waals surface area contributed by atoms with E-state index in [-0.39, 0.29) is 0 Å². The predicted molar refractivity (Wildman–Crippen MR) is 136 cm³/mol. The number of anilines is 4. The van der Waals surface area contributed by atoms with E-state index in [1.54, 1.807) is 6.20 Å². The van der Waals surface area contributed by atoms with Gasteiger partial charge in [0.15, 0.2) is 5.82 Å². The van der Waals surface area contributed by atoms with Crippen LogP contribution < -0.4 is 16.0 Å². The minimum absolute atomic E-state index is 0.467. The average Bonchev–Trinajstić information content (AvgIpc) is 3.11. The Morgan fingerprint density at radius 1 is 1.12 bits per heavy atom. The van der Waals surface area contributed by atoms with E-state index in [0.29, 0.717) is 28.6 Å². The van der Waals surface area contributed by atoms with Crippen molar-refractivity contribution in [3.63, 3.8) is 0 Å². The molecule has 3 N–H and O–H groups in total. The molecule has 0 saturated carbocycles. The van der Waals surface area contributed by atoms with Crippen LogP contribution in [0.3, 0.4) is 0 Å². The van der Waals surface area contributed by atoms with E-state index in [9.17, 15) is 0 Å². The number of aromatic nitrogens is 4.